The largest absolute Gasteiger partial charge is 0.340 e. The van der Waals surface area contributed by atoms with Gasteiger partial charge in [0.15, 0.2) is 0 Å². The molecule has 0 aliphatic carbocycles. The van der Waals surface area contributed by atoms with Crippen LogP contribution >= 0.6 is 0 Å². The van der Waals surface area contributed by atoms with E-state index in [0.29, 0.717) is 17.9 Å². The summed E-state index contributed by atoms with van der Waals surface area (Å²) in [5.74, 6) is 1.02. The highest BCUT2D eigenvalue weighted by Crippen LogP contribution is 2.30. The van der Waals surface area contributed by atoms with Gasteiger partial charge in [0.25, 0.3) is 0 Å². The van der Waals surface area contributed by atoms with Gasteiger partial charge in [-0.2, -0.15) is 0 Å². The monoisotopic (exact) mass is 153 g/mol. The summed E-state index contributed by atoms with van der Waals surface area (Å²) in [7, 11) is 0. The van der Waals surface area contributed by atoms with E-state index < -0.39 is 0 Å². The number of piperidine rings is 1. The van der Waals surface area contributed by atoms with Gasteiger partial charge in [-0.25, -0.2) is 0 Å². The third-order valence-electron chi connectivity index (χ3n) is 2.90. The molecule has 1 amide bonds. The van der Waals surface area contributed by atoms with Crippen molar-refractivity contribution in [2.45, 2.75) is 38.6 Å². The first-order chi connectivity index (χ1) is 5.27. The summed E-state index contributed by atoms with van der Waals surface area (Å²) in [6.45, 7) is 3.21. The Morgan fingerprint density at radius 2 is 2.36 bits per heavy atom. The van der Waals surface area contributed by atoms with Crippen molar-refractivity contribution in [1.82, 2.24) is 4.90 Å². The fraction of sp³-hybridized carbons (Fsp3) is 0.889. The summed E-state index contributed by atoms with van der Waals surface area (Å²) in [5.41, 5.74) is 0. The Balaban J connectivity index is 2.10. The maximum Gasteiger partial charge on any atom is 0.223 e. The van der Waals surface area contributed by atoms with Gasteiger partial charge < -0.3 is 4.90 Å². The highest BCUT2D eigenvalue weighted by molar-refractivity contribution is 5.77. The summed E-state index contributed by atoms with van der Waals surface area (Å²) in [6.07, 6.45) is 4.50. The van der Waals surface area contributed by atoms with Crippen molar-refractivity contribution in [3.05, 3.63) is 0 Å². The minimum absolute atomic E-state index is 0.395. The van der Waals surface area contributed by atoms with Crippen LogP contribution in [0.5, 0.6) is 0 Å². The minimum atomic E-state index is 0.395. The van der Waals surface area contributed by atoms with Gasteiger partial charge in [-0.1, -0.05) is 6.92 Å². The summed E-state index contributed by atoms with van der Waals surface area (Å²) in [4.78, 5) is 13.5. The van der Waals surface area contributed by atoms with Crippen LogP contribution in [0.2, 0.25) is 0 Å². The second kappa shape index (κ2) is 2.50. The molecule has 2 atom stereocenters. The fourth-order valence-corrected chi connectivity index (χ4v) is 2.37. The second-order valence-corrected chi connectivity index (χ2v) is 3.93. The Morgan fingerprint density at radius 1 is 1.55 bits per heavy atom. The SMILES string of the molecule is C[C@H]1CC(=O)N2CCC[C@H]2C1. The predicted octanol–water partition coefficient (Wildman–Crippen LogP) is 1.41. The molecule has 2 rings (SSSR count). The molecule has 0 spiro atoms. The van der Waals surface area contributed by atoms with E-state index in [1.165, 1.54) is 19.3 Å². The standard InChI is InChI=1S/C9H15NO/c1-7-5-8-3-2-4-10(8)9(11)6-7/h7-8H,2-6H2,1H3/t7-,8+/m1/s1. The van der Waals surface area contributed by atoms with Gasteiger partial charge >= 0.3 is 0 Å². The summed E-state index contributed by atoms with van der Waals surface area (Å²) >= 11 is 0. The van der Waals surface area contributed by atoms with Crippen LogP contribution in [-0.4, -0.2) is 23.4 Å². The maximum absolute atomic E-state index is 11.4. The number of carbonyl (C=O) groups excluding carboxylic acids is 1. The molecule has 0 N–H and O–H groups in total. The first-order valence-corrected chi connectivity index (χ1v) is 4.57. The van der Waals surface area contributed by atoms with Crippen LogP contribution in [0.25, 0.3) is 0 Å². The Hall–Kier alpha value is -0.530. The van der Waals surface area contributed by atoms with E-state index in [0.717, 1.165) is 13.0 Å². The lowest BCUT2D eigenvalue weighted by molar-refractivity contribution is -0.136. The molecule has 11 heavy (non-hydrogen) atoms. The third-order valence-corrected chi connectivity index (χ3v) is 2.90. The number of amides is 1. The molecule has 0 saturated carbocycles. The van der Waals surface area contributed by atoms with Gasteiger partial charge in [0.1, 0.15) is 0 Å². The molecule has 2 heteroatoms. The van der Waals surface area contributed by atoms with Crippen LogP contribution in [0.1, 0.15) is 32.6 Å². The van der Waals surface area contributed by atoms with Crippen LogP contribution in [-0.2, 0) is 4.79 Å². The lowest BCUT2D eigenvalue weighted by atomic mass is 9.92. The van der Waals surface area contributed by atoms with Crippen molar-refractivity contribution in [2.75, 3.05) is 6.54 Å². The van der Waals surface area contributed by atoms with E-state index in [4.69, 9.17) is 0 Å². The van der Waals surface area contributed by atoms with Crippen molar-refractivity contribution in [3.63, 3.8) is 0 Å². The average Bonchev–Trinajstić information content (AvgIpc) is 2.34. The predicted molar refractivity (Wildman–Crippen MR) is 43.1 cm³/mol. The third kappa shape index (κ3) is 1.15. The van der Waals surface area contributed by atoms with Crippen molar-refractivity contribution in [1.29, 1.82) is 0 Å². The van der Waals surface area contributed by atoms with E-state index >= 15 is 0 Å². The number of rotatable bonds is 0. The van der Waals surface area contributed by atoms with Crippen LogP contribution in [0.15, 0.2) is 0 Å². The van der Waals surface area contributed by atoms with Gasteiger partial charge in [0.2, 0.25) is 5.91 Å². The molecule has 2 nitrogen and oxygen atoms in total. The molecule has 0 aromatic heterocycles. The van der Waals surface area contributed by atoms with Crippen LogP contribution < -0.4 is 0 Å². The smallest absolute Gasteiger partial charge is 0.223 e. The Labute approximate surface area is 67.6 Å². The first-order valence-electron chi connectivity index (χ1n) is 4.57. The zero-order valence-corrected chi connectivity index (χ0v) is 7.05. The Kier molecular flexibility index (Phi) is 1.63. The molecule has 2 aliphatic rings. The van der Waals surface area contributed by atoms with Gasteiger partial charge in [0, 0.05) is 19.0 Å². The van der Waals surface area contributed by atoms with Crippen LogP contribution in [0, 0.1) is 5.92 Å². The first kappa shape index (κ1) is 7.14. The lowest BCUT2D eigenvalue weighted by Crippen LogP contribution is -2.41. The molecule has 0 radical (unpaired) electrons. The second-order valence-electron chi connectivity index (χ2n) is 3.93. The van der Waals surface area contributed by atoms with E-state index in [9.17, 15) is 4.79 Å². The van der Waals surface area contributed by atoms with E-state index in [1.807, 2.05) is 0 Å². The summed E-state index contributed by atoms with van der Waals surface area (Å²) < 4.78 is 0. The molecule has 2 heterocycles. The van der Waals surface area contributed by atoms with Gasteiger partial charge in [-0.3, -0.25) is 4.79 Å². The Morgan fingerprint density at radius 3 is 3.18 bits per heavy atom. The Bertz CT molecular complexity index is 178. The normalized spacial score (nSPS) is 37.5. The number of fused-ring (bicyclic) bond motifs is 1. The zero-order valence-electron chi connectivity index (χ0n) is 7.05. The van der Waals surface area contributed by atoms with E-state index in [2.05, 4.69) is 11.8 Å². The number of hydrogen-bond donors (Lipinski definition) is 0. The molecule has 0 aromatic rings. The van der Waals surface area contributed by atoms with Gasteiger partial charge in [-0.05, 0) is 25.2 Å². The molecular weight excluding hydrogens is 138 g/mol. The van der Waals surface area contributed by atoms with Gasteiger partial charge in [0.05, 0.1) is 0 Å². The average molecular weight is 153 g/mol. The van der Waals surface area contributed by atoms with E-state index in [-0.39, 0.29) is 0 Å². The number of carbonyl (C=O) groups is 1. The summed E-state index contributed by atoms with van der Waals surface area (Å²) in [6, 6.07) is 0.603. The molecule has 62 valence electrons. The number of nitrogens with zero attached hydrogens (tertiary/aromatic N) is 1. The molecular formula is C9H15NO. The topological polar surface area (TPSA) is 20.3 Å². The van der Waals surface area contributed by atoms with E-state index in [1.54, 1.807) is 0 Å². The summed E-state index contributed by atoms with van der Waals surface area (Å²) in [5, 5.41) is 0. The van der Waals surface area contributed by atoms with Crippen LogP contribution in [0.3, 0.4) is 0 Å². The highest BCUT2D eigenvalue weighted by atomic mass is 16.2. The molecule has 0 bridgehead atoms. The molecule has 0 aromatic carbocycles. The number of hydrogen-bond acceptors (Lipinski definition) is 1. The van der Waals surface area contributed by atoms with Crippen molar-refractivity contribution in [3.8, 4) is 0 Å². The van der Waals surface area contributed by atoms with Crippen molar-refractivity contribution in [2.24, 2.45) is 5.92 Å². The highest BCUT2D eigenvalue weighted by Gasteiger charge is 2.34. The van der Waals surface area contributed by atoms with Crippen molar-refractivity contribution >= 4 is 5.91 Å². The molecule has 2 aliphatic heterocycles. The van der Waals surface area contributed by atoms with Gasteiger partial charge in [-0.15, -0.1) is 0 Å². The fourth-order valence-electron chi connectivity index (χ4n) is 2.37. The minimum Gasteiger partial charge on any atom is -0.340 e. The molecule has 0 unspecified atom stereocenters. The van der Waals surface area contributed by atoms with Crippen molar-refractivity contribution < 1.29 is 4.79 Å². The molecule has 2 saturated heterocycles. The maximum atomic E-state index is 11.4. The zero-order chi connectivity index (χ0) is 7.84. The lowest BCUT2D eigenvalue weighted by Gasteiger charge is -2.32. The van der Waals surface area contributed by atoms with Crippen LogP contribution in [0.4, 0.5) is 0 Å². The molecule has 2 fully saturated rings. The quantitative estimate of drug-likeness (QED) is 0.515.